The zero-order valence-electron chi connectivity index (χ0n) is 15.0. The molecule has 6 heteroatoms. The monoisotopic (exact) mass is 391 g/mol. The number of nitrogens with one attached hydrogen (secondary N) is 2. The molecule has 3 aromatic carbocycles. The minimum atomic E-state index is -0.396. The second-order valence-corrected chi connectivity index (χ2v) is 6.88. The van der Waals surface area contributed by atoms with E-state index >= 15 is 0 Å². The molecule has 0 fully saturated rings. The fourth-order valence-corrected chi connectivity index (χ4v) is 3.43. The number of nitrogens with zero attached hydrogens (tertiary/aromatic N) is 1. The lowest BCUT2D eigenvalue weighted by Gasteiger charge is -2.18. The molecule has 4 rings (SSSR count). The van der Waals surface area contributed by atoms with E-state index in [0.29, 0.717) is 28.5 Å². The molecule has 0 aliphatic carbocycles. The van der Waals surface area contributed by atoms with E-state index in [2.05, 4.69) is 10.6 Å². The topological polar surface area (TPSA) is 61.4 Å². The predicted octanol–water partition coefficient (Wildman–Crippen LogP) is 5.19. The number of amides is 3. The van der Waals surface area contributed by atoms with E-state index < -0.39 is 6.03 Å². The lowest BCUT2D eigenvalue weighted by atomic mass is 10.1. The van der Waals surface area contributed by atoms with Crippen LogP contribution >= 0.6 is 11.6 Å². The molecule has 0 aromatic heterocycles. The van der Waals surface area contributed by atoms with Crippen LogP contribution in [0, 0.1) is 0 Å². The average Bonchev–Trinajstić information content (AvgIpc) is 3.13. The third kappa shape index (κ3) is 3.70. The molecule has 1 heterocycles. The molecule has 0 atom stereocenters. The summed E-state index contributed by atoms with van der Waals surface area (Å²) >= 11 is 6.07. The van der Waals surface area contributed by atoms with E-state index in [9.17, 15) is 9.59 Å². The van der Waals surface area contributed by atoms with E-state index in [4.69, 9.17) is 11.6 Å². The standard InChI is InChI=1S/C22H18ClN3O2/c23-18-8-4-5-9-19(18)25-22(28)24-17-11-10-15-12-13-26(20(15)14-17)21(27)16-6-2-1-3-7-16/h1-11,14H,12-13H2,(H2,24,25,28). The van der Waals surface area contributed by atoms with Crippen LogP contribution in [0.3, 0.4) is 0 Å². The van der Waals surface area contributed by atoms with Gasteiger partial charge in [-0.2, -0.15) is 0 Å². The number of urea groups is 1. The molecule has 0 saturated carbocycles. The summed E-state index contributed by atoms with van der Waals surface area (Å²) in [5.41, 5.74) is 3.69. The Morgan fingerprint density at radius 2 is 1.64 bits per heavy atom. The first-order valence-corrected chi connectivity index (χ1v) is 9.32. The van der Waals surface area contributed by atoms with Gasteiger partial charge in [-0.25, -0.2) is 4.79 Å². The van der Waals surface area contributed by atoms with Gasteiger partial charge in [0.2, 0.25) is 0 Å². The minimum Gasteiger partial charge on any atom is -0.308 e. The van der Waals surface area contributed by atoms with Crippen molar-refractivity contribution in [1.29, 1.82) is 0 Å². The molecule has 0 radical (unpaired) electrons. The van der Waals surface area contributed by atoms with Gasteiger partial charge < -0.3 is 15.5 Å². The number of carbonyl (C=O) groups is 2. The van der Waals surface area contributed by atoms with Crippen molar-refractivity contribution < 1.29 is 9.59 Å². The van der Waals surface area contributed by atoms with Gasteiger partial charge in [-0.05, 0) is 48.4 Å². The van der Waals surface area contributed by atoms with Gasteiger partial charge >= 0.3 is 6.03 Å². The highest BCUT2D eigenvalue weighted by Gasteiger charge is 2.26. The van der Waals surface area contributed by atoms with Gasteiger partial charge in [-0.15, -0.1) is 0 Å². The first-order valence-electron chi connectivity index (χ1n) is 8.94. The van der Waals surface area contributed by atoms with Crippen molar-refractivity contribution >= 4 is 40.6 Å². The van der Waals surface area contributed by atoms with Crippen LogP contribution in [-0.2, 0) is 6.42 Å². The number of benzene rings is 3. The largest absolute Gasteiger partial charge is 0.323 e. The van der Waals surface area contributed by atoms with Crippen LogP contribution in [0.2, 0.25) is 5.02 Å². The summed E-state index contributed by atoms with van der Waals surface area (Å²) in [5.74, 6) is -0.0444. The van der Waals surface area contributed by atoms with Gasteiger partial charge in [0.15, 0.2) is 0 Å². The number of fused-ring (bicyclic) bond motifs is 1. The third-order valence-electron chi connectivity index (χ3n) is 4.63. The average molecular weight is 392 g/mol. The van der Waals surface area contributed by atoms with Gasteiger partial charge in [0, 0.05) is 23.5 Å². The summed E-state index contributed by atoms with van der Waals surface area (Å²) in [6, 6.07) is 21.4. The number of rotatable bonds is 3. The summed E-state index contributed by atoms with van der Waals surface area (Å²) in [7, 11) is 0. The van der Waals surface area contributed by atoms with Crippen molar-refractivity contribution in [2.24, 2.45) is 0 Å². The fraction of sp³-hybridized carbons (Fsp3) is 0.0909. The third-order valence-corrected chi connectivity index (χ3v) is 4.96. The molecule has 140 valence electrons. The molecule has 0 unspecified atom stereocenters. The first-order chi connectivity index (χ1) is 13.6. The van der Waals surface area contributed by atoms with Crippen LogP contribution in [0.15, 0.2) is 72.8 Å². The molecule has 0 saturated heterocycles. The normalized spacial score (nSPS) is 12.4. The van der Waals surface area contributed by atoms with Gasteiger partial charge in [0.25, 0.3) is 5.91 Å². The molecule has 5 nitrogen and oxygen atoms in total. The Morgan fingerprint density at radius 3 is 2.43 bits per heavy atom. The van der Waals surface area contributed by atoms with Crippen LogP contribution in [0.25, 0.3) is 0 Å². The number of anilines is 3. The van der Waals surface area contributed by atoms with Crippen LogP contribution in [0.5, 0.6) is 0 Å². The highest BCUT2D eigenvalue weighted by atomic mass is 35.5. The maximum Gasteiger partial charge on any atom is 0.323 e. The van der Waals surface area contributed by atoms with E-state index in [1.807, 2.05) is 36.4 Å². The van der Waals surface area contributed by atoms with E-state index in [1.165, 1.54) is 0 Å². The second-order valence-electron chi connectivity index (χ2n) is 6.48. The number of para-hydroxylation sites is 1. The number of hydrogen-bond acceptors (Lipinski definition) is 2. The van der Waals surface area contributed by atoms with Crippen molar-refractivity contribution in [2.45, 2.75) is 6.42 Å². The van der Waals surface area contributed by atoms with E-state index in [-0.39, 0.29) is 5.91 Å². The van der Waals surface area contributed by atoms with Crippen LogP contribution < -0.4 is 15.5 Å². The molecular formula is C22H18ClN3O2. The number of carbonyl (C=O) groups excluding carboxylic acids is 2. The maximum absolute atomic E-state index is 12.8. The molecular weight excluding hydrogens is 374 g/mol. The molecule has 1 aliphatic heterocycles. The lowest BCUT2D eigenvalue weighted by Crippen LogP contribution is -2.29. The first kappa shape index (κ1) is 18.1. The van der Waals surface area contributed by atoms with Crippen molar-refractivity contribution in [3.8, 4) is 0 Å². The summed E-state index contributed by atoms with van der Waals surface area (Å²) in [6.07, 6.45) is 0.792. The quantitative estimate of drug-likeness (QED) is 0.645. The number of halogens is 1. The van der Waals surface area contributed by atoms with Gasteiger partial charge in [-0.1, -0.05) is 48.0 Å². The van der Waals surface area contributed by atoms with Gasteiger partial charge in [0.1, 0.15) is 0 Å². The minimum absolute atomic E-state index is 0.0444. The van der Waals surface area contributed by atoms with E-state index in [0.717, 1.165) is 17.7 Å². The Kier molecular flexibility index (Phi) is 5.00. The van der Waals surface area contributed by atoms with Gasteiger partial charge in [-0.3, -0.25) is 4.79 Å². The second kappa shape index (κ2) is 7.74. The molecule has 28 heavy (non-hydrogen) atoms. The SMILES string of the molecule is O=C(Nc1ccc2c(c1)N(C(=O)c1ccccc1)CC2)Nc1ccccc1Cl. The van der Waals surface area contributed by atoms with Crippen molar-refractivity contribution in [1.82, 2.24) is 0 Å². The predicted molar refractivity (Wildman–Crippen MR) is 112 cm³/mol. The summed E-state index contributed by atoms with van der Waals surface area (Å²) in [6.45, 7) is 0.623. The van der Waals surface area contributed by atoms with Crippen molar-refractivity contribution in [3.63, 3.8) is 0 Å². The zero-order valence-corrected chi connectivity index (χ0v) is 15.7. The Bertz CT molecular complexity index is 1040. The highest BCUT2D eigenvalue weighted by molar-refractivity contribution is 6.33. The Hall–Kier alpha value is -3.31. The van der Waals surface area contributed by atoms with Crippen LogP contribution in [0.4, 0.5) is 21.9 Å². The molecule has 2 N–H and O–H groups in total. The van der Waals surface area contributed by atoms with Crippen LogP contribution in [-0.4, -0.2) is 18.5 Å². The molecule has 3 amide bonds. The van der Waals surface area contributed by atoms with Gasteiger partial charge in [0.05, 0.1) is 10.7 Å². The zero-order chi connectivity index (χ0) is 19.5. The summed E-state index contributed by atoms with van der Waals surface area (Å²) in [4.78, 5) is 26.9. The van der Waals surface area contributed by atoms with Crippen LogP contribution in [0.1, 0.15) is 15.9 Å². The maximum atomic E-state index is 12.8. The Labute approximate surface area is 167 Å². The smallest absolute Gasteiger partial charge is 0.308 e. The fourth-order valence-electron chi connectivity index (χ4n) is 3.25. The highest BCUT2D eigenvalue weighted by Crippen LogP contribution is 2.32. The summed E-state index contributed by atoms with van der Waals surface area (Å²) in [5, 5.41) is 5.99. The Balaban J connectivity index is 1.51. The molecule has 0 bridgehead atoms. The Morgan fingerprint density at radius 1 is 0.893 bits per heavy atom. The molecule has 1 aliphatic rings. The van der Waals surface area contributed by atoms with Crippen molar-refractivity contribution in [2.75, 3.05) is 22.1 Å². The molecule has 3 aromatic rings. The van der Waals surface area contributed by atoms with Crippen molar-refractivity contribution in [3.05, 3.63) is 88.9 Å². The lowest BCUT2D eigenvalue weighted by molar-refractivity contribution is 0.0989. The van der Waals surface area contributed by atoms with E-state index in [1.54, 1.807) is 41.3 Å². The summed E-state index contributed by atoms with van der Waals surface area (Å²) < 4.78 is 0. The number of hydrogen-bond donors (Lipinski definition) is 2. The molecule has 0 spiro atoms.